The smallest absolute Gasteiger partial charge is 0.302 e. The topological polar surface area (TPSA) is 57.5 Å². The van der Waals surface area contributed by atoms with Crippen molar-refractivity contribution in [2.24, 2.45) is 0 Å². The minimum Gasteiger partial charge on any atom is -0.481 e. The first-order valence-electron chi connectivity index (χ1n) is 2.38. The van der Waals surface area contributed by atoms with E-state index in [1.165, 1.54) is 0 Å². The maximum absolute atomic E-state index is 9.90. The highest BCUT2D eigenvalue weighted by Crippen LogP contribution is 2.18. The second kappa shape index (κ2) is 2.92. The number of rotatable bonds is 3. The molecule has 0 aromatic heterocycles. The van der Waals surface area contributed by atoms with Crippen molar-refractivity contribution in [1.82, 2.24) is 0 Å². The van der Waals surface area contributed by atoms with Crippen molar-refractivity contribution in [3.8, 4) is 0 Å². The van der Waals surface area contributed by atoms with Crippen LogP contribution in [0.2, 0.25) is 5.21 Å². The number of carboxylic acids is 1. The first kappa shape index (κ1) is 8.56. The molecule has 4 radical (unpaired) electrons. The molecule has 0 atom stereocenters. The Kier molecular flexibility index (Phi) is 2.77. The van der Waals surface area contributed by atoms with Crippen LogP contribution in [-0.4, -0.2) is 38.5 Å². The minimum absolute atomic E-state index is 0.427. The van der Waals surface area contributed by atoms with Crippen molar-refractivity contribution >= 4 is 21.7 Å². The Balaban J connectivity index is 3.71. The van der Waals surface area contributed by atoms with Gasteiger partial charge in [-0.15, -0.1) is 0 Å². The van der Waals surface area contributed by atoms with E-state index in [-0.39, 0.29) is 0 Å². The molecule has 9 heavy (non-hydrogen) atoms. The lowest BCUT2D eigenvalue weighted by atomic mass is 9.53. The number of aliphatic carboxylic acids is 1. The minimum atomic E-state index is -1.48. The Morgan fingerprint density at radius 1 is 1.56 bits per heavy atom. The van der Waals surface area contributed by atoms with Gasteiger partial charge >= 0.3 is 5.97 Å². The number of hydrogen-bond donors (Lipinski definition) is 2. The van der Waals surface area contributed by atoms with Crippen LogP contribution in [0.1, 0.15) is 6.42 Å². The molecule has 5 heteroatoms. The third-order valence-corrected chi connectivity index (χ3v) is 0.775. The molecular formula is C4H6B2O3. The van der Waals surface area contributed by atoms with E-state index in [1.807, 2.05) is 0 Å². The molecule has 0 saturated heterocycles. The van der Waals surface area contributed by atoms with Gasteiger partial charge in [0, 0.05) is 13.0 Å². The fourth-order valence-electron chi connectivity index (χ4n) is 0.337. The predicted molar refractivity (Wildman–Crippen MR) is 33.5 cm³/mol. The Hall–Kier alpha value is -0.440. The molecule has 0 aromatic carbocycles. The zero-order valence-electron chi connectivity index (χ0n) is 4.87. The summed E-state index contributed by atoms with van der Waals surface area (Å²) in [6.07, 6.45) is -0.427. The maximum atomic E-state index is 9.90. The van der Waals surface area contributed by atoms with Gasteiger partial charge in [-0.2, -0.15) is 0 Å². The van der Waals surface area contributed by atoms with E-state index < -0.39 is 24.2 Å². The van der Waals surface area contributed by atoms with Crippen LogP contribution in [-0.2, 0) is 4.79 Å². The number of aliphatic hydroxyl groups excluding tert-OH is 1. The normalized spacial score (nSPS) is 11.2. The largest absolute Gasteiger partial charge is 0.481 e. The summed E-state index contributed by atoms with van der Waals surface area (Å²) < 4.78 is 0. The molecule has 0 rings (SSSR count). The van der Waals surface area contributed by atoms with Gasteiger partial charge in [-0.25, -0.2) is 0 Å². The molecule has 3 nitrogen and oxygen atoms in total. The molecule has 2 N–H and O–H groups in total. The lowest BCUT2D eigenvalue weighted by Gasteiger charge is -2.18. The van der Waals surface area contributed by atoms with Gasteiger partial charge in [0.15, 0.2) is 0 Å². The number of carboxylic acid groups (broad SMARTS) is 1. The zero-order valence-corrected chi connectivity index (χ0v) is 4.87. The molecule has 0 aliphatic heterocycles. The van der Waals surface area contributed by atoms with Crippen molar-refractivity contribution in [1.29, 1.82) is 0 Å². The number of aliphatic hydroxyl groups is 1. The Morgan fingerprint density at radius 3 is 2.11 bits per heavy atom. The Bertz CT molecular complexity index is 112. The molecule has 46 valence electrons. The molecule has 0 fully saturated rings. The molecule has 0 heterocycles. The molecule has 0 aliphatic rings. The maximum Gasteiger partial charge on any atom is 0.302 e. The average Bonchev–Trinajstić information content (AvgIpc) is 1.63. The van der Waals surface area contributed by atoms with Gasteiger partial charge in [-0.05, 0) is 0 Å². The lowest BCUT2D eigenvalue weighted by molar-refractivity contribution is -0.137. The summed E-state index contributed by atoms with van der Waals surface area (Å²) in [5, 5.41) is 15.0. The molecular weight excluding hydrogens is 118 g/mol. The van der Waals surface area contributed by atoms with E-state index >= 15 is 0 Å². The van der Waals surface area contributed by atoms with Gasteiger partial charge in [0.2, 0.25) is 0 Å². The van der Waals surface area contributed by atoms with Crippen molar-refractivity contribution in [3.05, 3.63) is 0 Å². The average molecular weight is 124 g/mol. The monoisotopic (exact) mass is 124 g/mol. The fourth-order valence-corrected chi connectivity index (χ4v) is 0.337. The lowest BCUT2D eigenvalue weighted by Crippen LogP contribution is -2.21. The molecule has 0 aliphatic carbocycles. The van der Waals surface area contributed by atoms with Crippen LogP contribution in [0.5, 0.6) is 0 Å². The fraction of sp³-hybridized carbons (Fsp3) is 0.750. The van der Waals surface area contributed by atoms with E-state index in [1.54, 1.807) is 0 Å². The van der Waals surface area contributed by atoms with Crippen LogP contribution in [0, 0.1) is 0 Å². The van der Waals surface area contributed by atoms with Crippen molar-refractivity contribution in [2.75, 3.05) is 6.61 Å². The van der Waals surface area contributed by atoms with Gasteiger partial charge < -0.3 is 10.2 Å². The zero-order chi connectivity index (χ0) is 7.49. The summed E-state index contributed by atoms with van der Waals surface area (Å²) in [4.78, 5) is 9.90. The SMILES string of the molecule is [B]C([B])(CO)CC(=O)O. The quantitative estimate of drug-likeness (QED) is 0.469. The van der Waals surface area contributed by atoms with Crippen molar-refractivity contribution in [2.45, 2.75) is 11.6 Å². The van der Waals surface area contributed by atoms with E-state index in [0.29, 0.717) is 0 Å². The summed E-state index contributed by atoms with van der Waals surface area (Å²) in [5.74, 6) is -1.12. The van der Waals surface area contributed by atoms with Crippen LogP contribution < -0.4 is 0 Å². The van der Waals surface area contributed by atoms with Gasteiger partial charge in [0.1, 0.15) is 0 Å². The molecule has 0 amide bonds. The second-order valence-electron chi connectivity index (χ2n) is 1.96. The summed E-state index contributed by atoms with van der Waals surface area (Å²) in [7, 11) is 10.1. The third kappa shape index (κ3) is 4.09. The van der Waals surface area contributed by atoms with Gasteiger partial charge in [-0.1, -0.05) is 5.21 Å². The van der Waals surface area contributed by atoms with E-state index in [4.69, 9.17) is 25.9 Å². The summed E-state index contributed by atoms with van der Waals surface area (Å²) >= 11 is 0. The Labute approximate surface area is 55.9 Å². The Morgan fingerprint density at radius 2 is 2.00 bits per heavy atom. The summed E-state index contributed by atoms with van der Waals surface area (Å²) in [5.41, 5.74) is 0. The van der Waals surface area contributed by atoms with Crippen LogP contribution in [0.25, 0.3) is 0 Å². The van der Waals surface area contributed by atoms with Crippen molar-refractivity contribution < 1.29 is 15.0 Å². The highest BCUT2D eigenvalue weighted by atomic mass is 16.4. The van der Waals surface area contributed by atoms with E-state index in [9.17, 15) is 4.79 Å². The van der Waals surface area contributed by atoms with Crippen LogP contribution in [0.3, 0.4) is 0 Å². The highest BCUT2D eigenvalue weighted by molar-refractivity contribution is 6.40. The van der Waals surface area contributed by atoms with Gasteiger partial charge in [0.25, 0.3) is 0 Å². The van der Waals surface area contributed by atoms with Gasteiger partial charge in [0.05, 0.1) is 15.7 Å². The van der Waals surface area contributed by atoms with E-state index in [2.05, 4.69) is 0 Å². The highest BCUT2D eigenvalue weighted by Gasteiger charge is 2.18. The summed E-state index contributed by atoms with van der Waals surface area (Å²) in [6.45, 7) is -0.528. The van der Waals surface area contributed by atoms with Crippen molar-refractivity contribution in [3.63, 3.8) is 0 Å². The number of hydrogen-bond acceptors (Lipinski definition) is 2. The third-order valence-electron chi connectivity index (χ3n) is 0.775. The first-order valence-corrected chi connectivity index (χ1v) is 2.38. The van der Waals surface area contributed by atoms with Crippen LogP contribution >= 0.6 is 0 Å². The van der Waals surface area contributed by atoms with E-state index in [0.717, 1.165) is 0 Å². The summed E-state index contributed by atoms with van der Waals surface area (Å²) in [6, 6.07) is 0. The van der Waals surface area contributed by atoms with Crippen LogP contribution in [0.15, 0.2) is 0 Å². The molecule has 0 saturated carbocycles. The second-order valence-corrected chi connectivity index (χ2v) is 1.96. The van der Waals surface area contributed by atoms with Crippen LogP contribution in [0.4, 0.5) is 0 Å². The van der Waals surface area contributed by atoms with Gasteiger partial charge in [-0.3, -0.25) is 4.79 Å². The number of carbonyl (C=O) groups is 1. The predicted octanol–water partition coefficient (Wildman–Crippen LogP) is -1.09. The first-order chi connectivity index (χ1) is 3.98. The molecule has 0 aromatic rings. The molecule has 0 bridgehead atoms. The standard InChI is InChI=1S/C4H6B2O3/c5-4(6,2-7)1-3(8)9/h7H,1-2H2,(H,8,9). The molecule has 0 unspecified atom stereocenters. The molecule has 0 spiro atoms.